The first-order chi connectivity index (χ1) is 8.36. The van der Waals surface area contributed by atoms with Gasteiger partial charge in [-0.05, 0) is 12.1 Å². The first-order valence-electron chi connectivity index (χ1n) is 5.26. The lowest BCUT2D eigenvalue weighted by molar-refractivity contribution is 0.0832. The van der Waals surface area contributed by atoms with Crippen LogP contribution in [0.1, 0.15) is 11.9 Å². The van der Waals surface area contributed by atoms with Crippen molar-refractivity contribution >= 4 is 6.01 Å². The number of ether oxygens (including phenoxy) is 2. The molecule has 0 bridgehead atoms. The van der Waals surface area contributed by atoms with Crippen molar-refractivity contribution in [2.45, 2.75) is 6.10 Å². The van der Waals surface area contributed by atoms with Crippen LogP contribution in [0.3, 0.4) is 0 Å². The lowest BCUT2D eigenvalue weighted by Gasteiger charge is -2.23. The average Bonchev–Trinajstić information content (AvgIpc) is 2.87. The highest BCUT2D eigenvalue weighted by Crippen LogP contribution is 2.35. The van der Waals surface area contributed by atoms with Gasteiger partial charge >= 0.3 is 6.01 Å². The predicted molar refractivity (Wildman–Crippen MR) is 59.2 cm³/mol. The molecule has 1 unspecified atom stereocenters. The highest BCUT2D eigenvalue weighted by atomic mass is 16.6. The molecule has 0 spiro atoms. The number of nitrogens with zero attached hydrogens (tertiary/aromatic N) is 2. The largest absolute Gasteiger partial charge is 0.485 e. The van der Waals surface area contributed by atoms with Crippen LogP contribution in [0.4, 0.5) is 6.01 Å². The molecule has 1 aromatic carbocycles. The minimum absolute atomic E-state index is 0.337. The van der Waals surface area contributed by atoms with E-state index in [-0.39, 0.29) is 6.10 Å². The van der Waals surface area contributed by atoms with Crippen LogP contribution < -0.4 is 14.8 Å². The third-order valence-electron chi connectivity index (χ3n) is 2.45. The maximum atomic E-state index is 5.74. The number of anilines is 1. The number of nitrogens with one attached hydrogen (secondary N) is 1. The number of hydrogen-bond donors (Lipinski definition) is 1. The van der Waals surface area contributed by atoms with E-state index in [9.17, 15) is 0 Å². The van der Waals surface area contributed by atoms with Crippen LogP contribution >= 0.6 is 0 Å². The predicted octanol–water partition coefficient (Wildman–Crippen LogP) is 1.62. The number of fused-ring (bicyclic) bond motifs is 1. The Labute approximate surface area is 97.5 Å². The fourth-order valence-corrected chi connectivity index (χ4v) is 1.61. The Kier molecular flexibility index (Phi) is 2.32. The van der Waals surface area contributed by atoms with Gasteiger partial charge in [0.1, 0.15) is 6.61 Å². The third kappa shape index (κ3) is 1.77. The summed E-state index contributed by atoms with van der Waals surface area (Å²) >= 11 is 0. The Morgan fingerprint density at radius 1 is 1.29 bits per heavy atom. The van der Waals surface area contributed by atoms with E-state index in [2.05, 4.69) is 15.5 Å². The molecule has 2 aromatic rings. The number of rotatable bonds is 2. The lowest BCUT2D eigenvalue weighted by Crippen LogP contribution is -2.22. The van der Waals surface area contributed by atoms with Crippen LogP contribution in [0, 0.1) is 0 Å². The van der Waals surface area contributed by atoms with Gasteiger partial charge in [-0.15, -0.1) is 0 Å². The summed E-state index contributed by atoms with van der Waals surface area (Å²) in [6, 6.07) is 7.86. The van der Waals surface area contributed by atoms with Crippen LogP contribution in [-0.4, -0.2) is 23.8 Å². The summed E-state index contributed by atoms with van der Waals surface area (Å²) in [6.07, 6.45) is -0.337. The molecule has 1 atom stereocenters. The number of aromatic nitrogens is 2. The van der Waals surface area contributed by atoms with E-state index < -0.39 is 0 Å². The highest BCUT2D eigenvalue weighted by Gasteiger charge is 2.26. The summed E-state index contributed by atoms with van der Waals surface area (Å²) in [5.74, 6) is 1.91. The molecule has 0 aliphatic carbocycles. The Morgan fingerprint density at radius 3 is 2.88 bits per heavy atom. The Balaban J connectivity index is 1.84. The van der Waals surface area contributed by atoms with Gasteiger partial charge in [0, 0.05) is 7.05 Å². The second-order valence-electron chi connectivity index (χ2n) is 3.57. The monoisotopic (exact) mass is 233 g/mol. The van der Waals surface area contributed by atoms with E-state index in [1.54, 1.807) is 7.05 Å². The fourth-order valence-electron chi connectivity index (χ4n) is 1.61. The maximum absolute atomic E-state index is 5.74. The Morgan fingerprint density at radius 2 is 2.12 bits per heavy atom. The molecule has 3 rings (SSSR count). The molecule has 0 fully saturated rings. The van der Waals surface area contributed by atoms with Gasteiger partial charge in [-0.25, -0.2) is 0 Å². The van der Waals surface area contributed by atoms with Crippen molar-refractivity contribution < 1.29 is 14.0 Å². The van der Waals surface area contributed by atoms with Gasteiger partial charge in [0.2, 0.25) is 5.82 Å². The van der Waals surface area contributed by atoms with Crippen molar-refractivity contribution in [3.8, 4) is 11.5 Å². The van der Waals surface area contributed by atoms with Crippen LogP contribution in [0.2, 0.25) is 0 Å². The van der Waals surface area contributed by atoms with Crippen LogP contribution in [0.25, 0.3) is 0 Å². The van der Waals surface area contributed by atoms with Gasteiger partial charge in [-0.3, -0.25) is 0 Å². The lowest BCUT2D eigenvalue weighted by atomic mass is 10.2. The minimum Gasteiger partial charge on any atom is -0.485 e. The highest BCUT2D eigenvalue weighted by molar-refractivity contribution is 5.41. The van der Waals surface area contributed by atoms with Crippen LogP contribution in [0.5, 0.6) is 11.5 Å². The molecular formula is C11H11N3O3. The molecule has 0 radical (unpaired) electrons. The van der Waals surface area contributed by atoms with Crippen molar-refractivity contribution in [2.24, 2.45) is 0 Å². The number of benzene rings is 1. The zero-order valence-corrected chi connectivity index (χ0v) is 9.21. The molecule has 6 nitrogen and oxygen atoms in total. The van der Waals surface area contributed by atoms with Gasteiger partial charge in [0.05, 0.1) is 0 Å². The standard InChI is InChI=1S/C11H11N3O3/c1-12-11-13-10(14-17-11)9-6-15-7-4-2-3-5-8(7)16-9/h2-5,9H,6H2,1H3,(H,12,13,14). The van der Waals surface area contributed by atoms with Gasteiger partial charge in [0.25, 0.3) is 0 Å². The molecule has 0 saturated carbocycles. The normalized spacial score (nSPS) is 17.8. The van der Waals surface area contributed by atoms with Crippen molar-refractivity contribution in [2.75, 3.05) is 19.0 Å². The Bertz CT molecular complexity index is 526. The van der Waals surface area contributed by atoms with E-state index >= 15 is 0 Å². The second-order valence-corrected chi connectivity index (χ2v) is 3.57. The van der Waals surface area contributed by atoms with E-state index in [0.717, 1.165) is 5.75 Å². The molecule has 17 heavy (non-hydrogen) atoms. The number of hydrogen-bond acceptors (Lipinski definition) is 6. The SMILES string of the molecule is CNc1nc(C2COc3ccccc3O2)no1. The number of para-hydroxylation sites is 2. The molecule has 2 heterocycles. The smallest absolute Gasteiger partial charge is 0.321 e. The summed E-state index contributed by atoms with van der Waals surface area (Å²) in [5, 5.41) is 6.60. The molecule has 0 saturated heterocycles. The summed E-state index contributed by atoms with van der Waals surface area (Å²) in [6.45, 7) is 0.375. The topological polar surface area (TPSA) is 69.4 Å². The van der Waals surface area contributed by atoms with E-state index in [0.29, 0.717) is 24.2 Å². The first kappa shape index (κ1) is 9.95. The summed E-state index contributed by atoms with van der Waals surface area (Å²) in [4.78, 5) is 4.13. The molecule has 1 N–H and O–H groups in total. The van der Waals surface area contributed by atoms with Gasteiger partial charge in [0.15, 0.2) is 17.6 Å². The van der Waals surface area contributed by atoms with Crippen LogP contribution in [-0.2, 0) is 0 Å². The summed E-state index contributed by atoms with van der Waals surface area (Å²) in [5.41, 5.74) is 0. The molecule has 1 aliphatic heterocycles. The summed E-state index contributed by atoms with van der Waals surface area (Å²) < 4.78 is 16.3. The van der Waals surface area contributed by atoms with Gasteiger partial charge in [-0.2, -0.15) is 4.98 Å². The average molecular weight is 233 g/mol. The van der Waals surface area contributed by atoms with E-state index in [4.69, 9.17) is 14.0 Å². The van der Waals surface area contributed by atoms with E-state index in [1.807, 2.05) is 24.3 Å². The molecule has 88 valence electrons. The van der Waals surface area contributed by atoms with Crippen molar-refractivity contribution in [1.29, 1.82) is 0 Å². The second kappa shape index (κ2) is 3.97. The molecular weight excluding hydrogens is 222 g/mol. The molecule has 1 aromatic heterocycles. The minimum atomic E-state index is -0.337. The van der Waals surface area contributed by atoms with Crippen molar-refractivity contribution in [1.82, 2.24) is 10.1 Å². The van der Waals surface area contributed by atoms with Crippen molar-refractivity contribution in [3.63, 3.8) is 0 Å². The zero-order valence-electron chi connectivity index (χ0n) is 9.21. The van der Waals surface area contributed by atoms with Gasteiger partial charge < -0.3 is 19.3 Å². The van der Waals surface area contributed by atoms with Crippen LogP contribution in [0.15, 0.2) is 28.8 Å². The van der Waals surface area contributed by atoms with Gasteiger partial charge in [-0.1, -0.05) is 17.3 Å². The quantitative estimate of drug-likeness (QED) is 0.850. The summed E-state index contributed by atoms with van der Waals surface area (Å²) in [7, 11) is 1.71. The Hall–Kier alpha value is -2.24. The zero-order chi connectivity index (χ0) is 11.7. The molecule has 1 aliphatic rings. The molecule has 6 heteroatoms. The van der Waals surface area contributed by atoms with E-state index in [1.165, 1.54) is 0 Å². The first-order valence-corrected chi connectivity index (χ1v) is 5.26. The molecule has 0 amide bonds. The maximum Gasteiger partial charge on any atom is 0.321 e. The fraction of sp³-hybridized carbons (Fsp3) is 0.273. The van der Waals surface area contributed by atoms with Crippen molar-refractivity contribution in [3.05, 3.63) is 30.1 Å². The third-order valence-corrected chi connectivity index (χ3v) is 2.45.